The number of nitrogens with zero attached hydrogens (tertiary/aromatic N) is 1. The Morgan fingerprint density at radius 3 is 2.05 bits per heavy atom. The second-order valence-corrected chi connectivity index (χ2v) is 13.1. The molecule has 0 aromatic heterocycles. The molecular formula is C26H40N4O6S. The van der Waals surface area contributed by atoms with E-state index in [1.807, 2.05) is 19.9 Å². The molecule has 0 saturated carbocycles. The largest absolute Gasteiger partial charge is 0.459 e. The van der Waals surface area contributed by atoms with Gasteiger partial charge in [0, 0.05) is 7.05 Å². The van der Waals surface area contributed by atoms with Crippen LogP contribution in [0.15, 0.2) is 29.2 Å². The van der Waals surface area contributed by atoms with Crippen molar-refractivity contribution in [3.63, 3.8) is 0 Å². The van der Waals surface area contributed by atoms with Gasteiger partial charge in [0.25, 0.3) is 0 Å². The lowest BCUT2D eigenvalue weighted by Gasteiger charge is -2.34. The van der Waals surface area contributed by atoms with Crippen LogP contribution in [0.1, 0.15) is 67.4 Å². The first-order valence-corrected chi connectivity index (χ1v) is 13.6. The van der Waals surface area contributed by atoms with Gasteiger partial charge in [-0.1, -0.05) is 46.8 Å². The van der Waals surface area contributed by atoms with Gasteiger partial charge in [-0.15, -0.1) is 0 Å². The zero-order chi connectivity index (χ0) is 28.8. The maximum Gasteiger partial charge on any atom is 0.325 e. The first kappa shape index (κ1) is 32.1. The monoisotopic (exact) mass is 536 g/mol. The SMILES string of the molecule is CNC(=O)[C@@H](NC(=O)[C@H](CC(C)C)[C@H](NS(=O)(=O)c1ccccc1C#N)C(=O)OC(C)(C)C)C(C)(C)C. The summed E-state index contributed by atoms with van der Waals surface area (Å²) in [4.78, 5) is 39.2. The van der Waals surface area contributed by atoms with Crippen LogP contribution in [0.25, 0.3) is 0 Å². The van der Waals surface area contributed by atoms with E-state index in [4.69, 9.17) is 4.74 Å². The average molecular weight is 537 g/mol. The Kier molecular flexibility index (Phi) is 10.8. The van der Waals surface area contributed by atoms with Gasteiger partial charge in [0.1, 0.15) is 23.8 Å². The predicted molar refractivity (Wildman–Crippen MR) is 140 cm³/mol. The molecule has 0 aliphatic rings. The minimum absolute atomic E-state index is 0.114. The summed E-state index contributed by atoms with van der Waals surface area (Å²) in [6.45, 7) is 13.9. The molecule has 0 aliphatic carbocycles. The lowest BCUT2D eigenvalue weighted by atomic mass is 9.84. The van der Waals surface area contributed by atoms with E-state index in [-0.39, 0.29) is 22.8 Å². The van der Waals surface area contributed by atoms with Crippen LogP contribution in [-0.2, 0) is 29.1 Å². The van der Waals surface area contributed by atoms with Gasteiger partial charge in [0.2, 0.25) is 21.8 Å². The normalized spacial score (nSPS) is 14.7. The van der Waals surface area contributed by atoms with Gasteiger partial charge in [0.05, 0.1) is 16.4 Å². The number of sulfonamides is 1. The molecule has 1 aromatic carbocycles. The summed E-state index contributed by atoms with van der Waals surface area (Å²) >= 11 is 0. The van der Waals surface area contributed by atoms with Gasteiger partial charge >= 0.3 is 5.97 Å². The fourth-order valence-electron chi connectivity index (χ4n) is 3.66. The molecule has 206 valence electrons. The van der Waals surface area contributed by atoms with E-state index in [2.05, 4.69) is 15.4 Å². The molecule has 0 spiro atoms. The number of rotatable bonds is 10. The number of hydrogen-bond acceptors (Lipinski definition) is 7. The highest BCUT2D eigenvalue weighted by Gasteiger charge is 2.42. The Labute approximate surface area is 220 Å². The van der Waals surface area contributed by atoms with Gasteiger partial charge in [0.15, 0.2) is 0 Å². The van der Waals surface area contributed by atoms with Gasteiger partial charge in [-0.05, 0) is 50.7 Å². The van der Waals surface area contributed by atoms with E-state index in [0.717, 1.165) is 0 Å². The van der Waals surface area contributed by atoms with Crippen molar-refractivity contribution in [2.24, 2.45) is 17.3 Å². The Hall–Kier alpha value is -2.97. The third kappa shape index (κ3) is 9.44. The van der Waals surface area contributed by atoms with Crippen LogP contribution < -0.4 is 15.4 Å². The summed E-state index contributed by atoms with van der Waals surface area (Å²) in [5, 5.41) is 14.6. The second-order valence-electron chi connectivity index (χ2n) is 11.4. The van der Waals surface area contributed by atoms with E-state index in [0.29, 0.717) is 0 Å². The summed E-state index contributed by atoms with van der Waals surface area (Å²) < 4.78 is 34.6. The molecule has 3 N–H and O–H groups in total. The third-order valence-corrected chi connectivity index (χ3v) is 6.86. The molecule has 3 atom stereocenters. The number of benzene rings is 1. The summed E-state index contributed by atoms with van der Waals surface area (Å²) in [5.74, 6) is -3.39. The van der Waals surface area contributed by atoms with Crippen LogP contribution in [0, 0.1) is 28.6 Å². The number of nitrogens with one attached hydrogen (secondary N) is 3. The van der Waals surface area contributed by atoms with Crippen molar-refractivity contribution in [3.05, 3.63) is 29.8 Å². The number of amides is 2. The van der Waals surface area contributed by atoms with Crippen LogP contribution in [-0.4, -0.2) is 50.9 Å². The molecular weight excluding hydrogens is 496 g/mol. The van der Waals surface area contributed by atoms with Crippen LogP contribution in [0.2, 0.25) is 0 Å². The van der Waals surface area contributed by atoms with Gasteiger partial charge < -0.3 is 15.4 Å². The Morgan fingerprint density at radius 1 is 1.03 bits per heavy atom. The Bertz CT molecular complexity index is 1130. The summed E-state index contributed by atoms with van der Waals surface area (Å²) in [5.41, 5.74) is -1.76. The molecule has 11 heteroatoms. The van der Waals surface area contributed by atoms with E-state index in [1.54, 1.807) is 41.5 Å². The first-order valence-electron chi connectivity index (χ1n) is 12.1. The lowest BCUT2D eigenvalue weighted by molar-refractivity contribution is -0.160. The molecule has 2 amide bonds. The number of esters is 1. The number of ether oxygens (including phenoxy) is 1. The summed E-state index contributed by atoms with van der Waals surface area (Å²) in [7, 11) is -2.98. The van der Waals surface area contributed by atoms with Crippen LogP contribution in [0.4, 0.5) is 0 Å². The fraction of sp³-hybridized carbons (Fsp3) is 0.615. The molecule has 37 heavy (non-hydrogen) atoms. The third-order valence-electron chi connectivity index (χ3n) is 5.37. The van der Waals surface area contributed by atoms with E-state index >= 15 is 0 Å². The highest BCUT2D eigenvalue weighted by molar-refractivity contribution is 7.89. The molecule has 0 aliphatic heterocycles. The summed E-state index contributed by atoms with van der Waals surface area (Å²) in [6, 6.07) is 4.81. The smallest absolute Gasteiger partial charge is 0.325 e. The van der Waals surface area contributed by atoms with E-state index in [9.17, 15) is 28.1 Å². The van der Waals surface area contributed by atoms with Gasteiger partial charge in [-0.25, -0.2) is 8.42 Å². The van der Waals surface area contributed by atoms with Gasteiger partial charge in [-0.2, -0.15) is 9.98 Å². The standard InChI is InChI=1S/C26H40N4O6S/c1-16(2)14-18(22(31)29-21(23(32)28-9)25(3,4)5)20(24(33)36-26(6,7)8)30-37(34,35)19-13-11-10-12-17(19)15-27/h10-13,16,18,20-21,30H,14H2,1-9H3,(H,28,32)(H,29,31)/t18-,20+,21-/m1/s1. The van der Waals surface area contributed by atoms with Crippen molar-refractivity contribution in [1.82, 2.24) is 15.4 Å². The number of nitriles is 1. The topological polar surface area (TPSA) is 154 Å². The van der Waals surface area contributed by atoms with Crippen molar-refractivity contribution in [1.29, 1.82) is 5.26 Å². The maximum absolute atomic E-state index is 13.6. The van der Waals surface area contributed by atoms with Gasteiger partial charge in [-0.3, -0.25) is 14.4 Å². The Morgan fingerprint density at radius 2 is 1.59 bits per heavy atom. The number of likely N-dealkylation sites (N-methyl/N-ethyl adjacent to an activating group) is 1. The second kappa shape index (κ2) is 12.5. The molecule has 0 unspecified atom stereocenters. The predicted octanol–water partition coefficient (Wildman–Crippen LogP) is 2.49. The van der Waals surface area contributed by atoms with Crippen molar-refractivity contribution >= 4 is 27.8 Å². The lowest BCUT2D eigenvalue weighted by Crippen LogP contribution is -2.58. The van der Waals surface area contributed by atoms with Crippen molar-refractivity contribution < 1.29 is 27.5 Å². The molecule has 0 bridgehead atoms. The van der Waals surface area contributed by atoms with Crippen molar-refractivity contribution in [2.75, 3.05) is 7.05 Å². The maximum atomic E-state index is 13.6. The number of carbonyl (C=O) groups excluding carboxylic acids is 3. The molecule has 0 fully saturated rings. The quantitative estimate of drug-likeness (QED) is 0.388. The van der Waals surface area contributed by atoms with E-state index in [1.165, 1.54) is 31.3 Å². The molecule has 1 aromatic rings. The molecule has 0 heterocycles. The first-order chi connectivity index (χ1) is 16.8. The zero-order valence-electron chi connectivity index (χ0n) is 23.1. The molecule has 0 radical (unpaired) electrons. The van der Waals surface area contributed by atoms with Crippen LogP contribution in [0.5, 0.6) is 0 Å². The summed E-state index contributed by atoms with van der Waals surface area (Å²) in [6.07, 6.45) is 0.114. The minimum Gasteiger partial charge on any atom is -0.459 e. The average Bonchev–Trinajstić information content (AvgIpc) is 2.76. The zero-order valence-corrected chi connectivity index (χ0v) is 23.9. The van der Waals surface area contributed by atoms with Crippen molar-refractivity contribution in [3.8, 4) is 6.07 Å². The highest BCUT2D eigenvalue weighted by atomic mass is 32.2. The molecule has 10 nitrogen and oxygen atoms in total. The molecule has 1 rings (SSSR count). The van der Waals surface area contributed by atoms with Crippen LogP contribution in [0.3, 0.4) is 0 Å². The fourth-order valence-corrected chi connectivity index (χ4v) is 5.04. The number of hydrogen-bond donors (Lipinski definition) is 3. The number of carbonyl (C=O) groups is 3. The minimum atomic E-state index is -4.43. The van der Waals surface area contributed by atoms with E-state index < -0.39 is 56.8 Å². The highest BCUT2D eigenvalue weighted by Crippen LogP contribution is 2.25. The van der Waals surface area contributed by atoms with Crippen LogP contribution >= 0.6 is 0 Å². The van der Waals surface area contributed by atoms with Crippen molar-refractivity contribution in [2.45, 2.75) is 84.4 Å². The Balaban J connectivity index is 3.62. The molecule has 0 saturated heterocycles.